The molecule has 8 nitrogen and oxygen atoms in total. The lowest BCUT2D eigenvalue weighted by atomic mass is 10.2. The number of aryl methyl sites for hydroxylation is 1. The Morgan fingerprint density at radius 2 is 2.29 bits per heavy atom. The molecule has 0 spiro atoms. The predicted octanol–water partition coefficient (Wildman–Crippen LogP) is 1.63. The molecule has 1 heterocycles. The Morgan fingerprint density at radius 3 is 2.90 bits per heavy atom. The Bertz CT molecular complexity index is 626. The number of nitro groups is 1. The molecule has 0 bridgehead atoms. The monoisotopic (exact) mass is 292 g/mol. The van der Waals surface area contributed by atoms with E-state index in [1.165, 1.54) is 13.2 Å². The summed E-state index contributed by atoms with van der Waals surface area (Å²) < 4.78 is 9.95. The minimum atomic E-state index is -0.455. The maximum absolute atomic E-state index is 10.9. The Balaban J connectivity index is 1.88. The molecule has 0 atom stereocenters. The summed E-state index contributed by atoms with van der Waals surface area (Å²) in [5.74, 6) is 1.43. The molecule has 1 aromatic carbocycles. The molecule has 8 heteroatoms. The van der Waals surface area contributed by atoms with Gasteiger partial charge < -0.3 is 14.6 Å². The number of ether oxygens (including phenoxy) is 1. The average Bonchev–Trinajstić information content (AvgIpc) is 2.89. The molecule has 0 saturated carbocycles. The molecule has 112 valence electrons. The van der Waals surface area contributed by atoms with Gasteiger partial charge in [-0.15, -0.1) is 0 Å². The second kappa shape index (κ2) is 6.80. The molecule has 0 fully saturated rings. The third-order valence-electron chi connectivity index (χ3n) is 2.85. The Morgan fingerprint density at radius 1 is 1.48 bits per heavy atom. The number of rotatable bonds is 7. The fourth-order valence-electron chi connectivity index (χ4n) is 1.86. The van der Waals surface area contributed by atoms with Crippen molar-refractivity contribution in [3.8, 4) is 5.75 Å². The highest BCUT2D eigenvalue weighted by Gasteiger charge is 2.14. The van der Waals surface area contributed by atoms with E-state index in [1.807, 2.05) is 0 Å². The minimum absolute atomic E-state index is 0.0377. The fraction of sp³-hybridized carbons (Fsp3) is 0.385. The van der Waals surface area contributed by atoms with Gasteiger partial charge >= 0.3 is 5.69 Å². The van der Waals surface area contributed by atoms with E-state index in [1.54, 1.807) is 19.1 Å². The third kappa shape index (κ3) is 3.99. The van der Waals surface area contributed by atoms with E-state index in [2.05, 4.69) is 15.5 Å². The lowest BCUT2D eigenvalue weighted by molar-refractivity contribution is -0.385. The van der Waals surface area contributed by atoms with Gasteiger partial charge in [0.25, 0.3) is 0 Å². The molecular formula is C13H16N4O4. The average molecular weight is 292 g/mol. The van der Waals surface area contributed by atoms with Crippen LogP contribution in [0.15, 0.2) is 22.7 Å². The SMILES string of the molecule is COc1ccc(CNCCc2nc(C)no2)cc1[N+](=O)[O-]. The highest BCUT2D eigenvalue weighted by molar-refractivity contribution is 5.48. The number of methoxy groups -OCH3 is 1. The van der Waals surface area contributed by atoms with Crippen LogP contribution in [0.25, 0.3) is 0 Å². The summed E-state index contributed by atoms with van der Waals surface area (Å²) in [5, 5.41) is 17.8. The summed E-state index contributed by atoms with van der Waals surface area (Å²) in [4.78, 5) is 14.6. The molecule has 1 aromatic heterocycles. The van der Waals surface area contributed by atoms with Crippen LogP contribution in [0.3, 0.4) is 0 Å². The number of nitrogens with one attached hydrogen (secondary N) is 1. The highest BCUT2D eigenvalue weighted by Crippen LogP contribution is 2.27. The van der Waals surface area contributed by atoms with Crippen LogP contribution in [0.1, 0.15) is 17.3 Å². The normalized spacial score (nSPS) is 10.6. The molecular weight excluding hydrogens is 276 g/mol. The topological polar surface area (TPSA) is 103 Å². The first-order chi connectivity index (χ1) is 10.1. The Kier molecular flexibility index (Phi) is 4.83. The lowest BCUT2D eigenvalue weighted by Crippen LogP contribution is -2.17. The van der Waals surface area contributed by atoms with Crippen LogP contribution in [-0.2, 0) is 13.0 Å². The van der Waals surface area contributed by atoms with Gasteiger partial charge in [0.15, 0.2) is 11.6 Å². The van der Waals surface area contributed by atoms with Crippen molar-refractivity contribution in [2.45, 2.75) is 19.9 Å². The largest absolute Gasteiger partial charge is 0.490 e. The number of aromatic nitrogens is 2. The zero-order valence-electron chi connectivity index (χ0n) is 11.8. The molecule has 0 unspecified atom stereocenters. The van der Waals surface area contributed by atoms with E-state index in [4.69, 9.17) is 9.26 Å². The Hall–Kier alpha value is -2.48. The second-order valence-electron chi connectivity index (χ2n) is 4.43. The molecule has 0 amide bonds. The van der Waals surface area contributed by atoms with Gasteiger partial charge in [-0.3, -0.25) is 10.1 Å². The summed E-state index contributed by atoms with van der Waals surface area (Å²) in [6.45, 7) is 2.91. The van der Waals surface area contributed by atoms with Gasteiger partial charge in [-0.1, -0.05) is 11.2 Å². The lowest BCUT2D eigenvalue weighted by Gasteiger charge is -2.06. The van der Waals surface area contributed by atoms with Crippen molar-refractivity contribution in [2.75, 3.05) is 13.7 Å². The van der Waals surface area contributed by atoms with Crippen molar-refractivity contribution >= 4 is 5.69 Å². The quantitative estimate of drug-likeness (QED) is 0.470. The van der Waals surface area contributed by atoms with Gasteiger partial charge in [-0.2, -0.15) is 4.98 Å². The molecule has 0 aliphatic rings. The van der Waals surface area contributed by atoms with Gasteiger partial charge in [-0.05, 0) is 18.6 Å². The second-order valence-corrected chi connectivity index (χ2v) is 4.43. The van der Waals surface area contributed by atoms with Gasteiger partial charge in [0, 0.05) is 25.6 Å². The number of nitro benzene ring substituents is 1. The molecule has 0 aliphatic carbocycles. The first-order valence-electron chi connectivity index (χ1n) is 6.41. The molecule has 2 aromatic rings. The van der Waals surface area contributed by atoms with Crippen LogP contribution in [0, 0.1) is 17.0 Å². The third-order valence-corrected chi connectivity index (χ3v) is 2.85. The van der Waals surface area contributed by atoms with E-state index < -0.39 is 4.92 Å². The zero-order valence-corrected chi connectivity index (χ0v) is 11.8. The number of benzene rings is 1. The summed E-state index contributed by atoms with van der Waals surface area (Å²) >= 11 is 0. The summed E-state index contributed by atoms with van der Waals surface area (Å²) in [6, 6.07) is 4.88. The van der Waals surface area contributed by atoms with Crippen molar-refractivity contribution in [1.29, 1.82) is 0 Å². The summed E-state index contributed by atoms with van der Waals surface area (Å²) in [6.07, 6.45) is 0.610. The van der Waals surface area contributed by atoms with Crippen LogP contribution in [0.4, 0.5) is 5.69 Å². The number of nitrogens with zero attached hydrogens (tertiary/aromatic N) is 3. The first kappa shape index (κ1) is 14.9. The summed E-state index contributed by atoms with van der Waals surface area (Å²) in [5.41, 5.74) is 0.772. The maximum Gasteiger partial charge on any atom is 0.311 e. The highest BCUT2D eigenvalue weighted by atomic mass is 16.6. The summed E-state index contributed by atoms with van der Waals surface area (Å²) in [7, 11) is 1.41. The molecule has 2 rings (SSSR count). The van der Waals surface area contributed by atoms with Crippen molar-refractivity contribution in [2.24, 2.45) is 0 Å². The zero-order chi connectivity index (χ0) is 15.2. The van der Waals surface area contributed by atoms with Crippen LogP contribution < -0.4 is 10.1 Å². The minimum Gasteiger partial charge on any atom is -0.490 e. The van der Waals surface area contributed by atoms with Crippen LogP contribution in [0.5, 0.6) is 5.75 Å². The standard InChI is InChI=1S/C13H16N4O4/c1-9-15-13(21-16-9)5-6-14-8-10-3-4-12(20-2)11(7-10)17(18)19/h3-4,7,14H,5-6,8H2,1-2H3. The van der Waals surface area contributed by atoms with E-state index in [0.29, 0.717) is 31.2 Å². The van der Waals surface area contributed by atoms with E-state index in [0.717, 1.165) is 5.56 Å². The van der Waals surface area contributed by atoms with Crippen molar-refractivity contribution in [3.05, 3.63) is 45.6 Å². The van der Waals surface area contributed by atoms with Gasteiger partial charge in [0.1, 0.15) is 0 Å². The maximum atomic E-state index is 10.9. The predicted molar refractivity (Wildman–Crippen MR) is 74.1 cm³/mol. The smallest absolute Gasteiger partial charge is 0.311 e. The van der Waals surface area contributed by atoms with Crippen LogP contribution in [0.2, 0.25) is 0 Å². The van der Waals surface area contributed by atoms with Crippen LogP contribution >= 0.6 is 0 Å². The first-order valence-corrected chi connectivity index (χ1v) is 6.41. The van der Waals surface area contributed by atoms with Gasteiger partial charge in [-0.25, -0.2) is 0 Å². The molecule has 0 radical (unpaired) electrons. The molecule has 21 heavy (non-hydrogen) atoms. The van der Waals surface area contributed by atoms with Crippen molar-refractivity contribution in [1.82, 2.24) is 15.5 Å². The molecule has 0 saturated heterocycles. The van der Waals surface area contributed by atoms with E-state index in [9.17, 15) is 10.1 Å². The molecule has 1 N–H and O–H groups in total. The van der Waals surface area contributed by atoms with E-state index >= 15 is 0 Å². The van der Waals surface area contributed by atoms with Gasteiger partial charge in [0.2, 0.25) is 5.89 Å². The Labute approximate surface area is 121 Å². The number of hydrogen-bond acceptors (Lipinski definition) is 7. The number of hydrogen-bond donors (Lipinski definition) is 1. The molecule has 0 aliphatic heterocycles. The van der Waals surface area contributed by atoms with Gasteiger partial charge in [0.05, 0.1) is 12.0 Å². The fourth-order valence-corrected chi connectivity index (χ4v) is 1.86. The van der Waals surface area contributed by atoms with E-state index in [-0.39, 0.29) is 11.4 Å². The van der Waals surface area contributed by atoms with Crippen LogP contribution in [-0.4, -0.2) is 28.7 Å². The van der Waals surface area contributed by atoms with Crippen molar-refractivity contribution in [3.63, 3.8) is 0 Å². The van der Waals surface area contributed by atoms with Crippen molar-refractivity contribution < 1.29 is 14.2 Å².